The van der Waals surface area contributed by atoms with E-state index >= 15 is 0 Å². The molecule has 2 aromatic carbocycles. The molecule has 0 saturated heterocycles. The maximum atomic E-state index is 12.6. The number of sulfonamides is 1. The fraction of sp³-hybridized carbons (Fsp3) is 0.350. The van der Waals surface area contributed by atoms with Gasteiger partial charge in [-0.25, -0.2) is 8.42 Å². The number of tetrazole rings is 1. The Balaban J connectivity index is 1.68. The highest BCUT2D eigenvalue weighted by molar-refractivity contribution is 7.89. The van der Waals surface area contributed by atoms with E-state index in [1.54, 1.807) is 16.8 Å². The number of rotatable bonds is 9. The van der Waals surface area contributed by atoms with Crippen LogP contribution < -0.4 is 5.32 Å². The average molecular weight is 415 g/mol. The number of nitrogens with zero attached hydrogens (tertiary/aromatic N) is 5. The van der Waals surface area contributed by atoms with Crippen LogP contribution in [0.25, 0.3) is 5.69 Å². The standard InChI is InChI=1S/C20H26N6O2S/c1-4-25(5-2)29(27,28)19-13-11-17(12-14-19)16(3)21-15-20-22-23-24-26(20)18-9-7-6-8-10-18/h6-14,16,21H,4-5,15H2,1-3H3. The average Bonchev–Trinajstić information content (AvgIpc) is 3.22. The van der Waals surface area contributed by atoms with Crippen molar-refractivity contribution in [1.82, 2.24) is 29.8 Å². The SMILES string of the molecule is CCN(CC)S(=O)(=O)c1ccc(C(C)NCc2nnnn2-c2ccccc2)cc1. The first-order valence-electron chi connectivity index (χ1n) is 9.63. The molecule has 0 aliphatic rings. The van der Waals surface area contributed by atoms with E-state index in [-0.39, 0.29) is 6.04 Å². The lowest BCUT2D eigenvalue weighted by atomic mass is 10.1. The molecule has 3 aromatic rings. The van der Waals surface area contributed by atoms with Crippen molar-refractivity contribution in [3.05, 3.63) is 66.0 Å². The van der Waals surface area contributed by atoms with Crippen LogP contribution in [-0.2, 0) is 16.6 Å². The molecule has 0 bridgehead atoms. The molecule has 0 spiro atoms. The summed E-state index contributed by atoms with van der Waals surface area (Å²) in [6.07, 6.45) is 0. The molecule has 1 aromatic heterocycles. The molecule has 8 nitrogen and oxygen atoms in total. The molecule has 0 amide bonds. The van der Waals surface area contributed by atoms with Crippen molar-refractivity contribution < 1.29 is 8.42 Å². The van der Waals surface area contributed by atoms with Gasteiger partial charge in [-0.15, -0.1) is 5.10 Å². The number of para-hydroxylation sites is 1. The molecule has 154 valence electrons. The van der Waals surface area contributed by atoms with Crippen LogP contribution in [0.15, 0.2) is 59.5 Å². The van der Waals surface area contributed by atoms with Gasteiger partial charge in [0.15, 0.2) is 5.82 Å². The molecule has 1 heterocycles. The summed E-state index contributed by atoms with van der Waals surface area (Å²) >= 11 is 0. The van der Waals surface area contributed by atoms with E-state index in [2.05, 4.69) is 20.8 Å². The van der Waals surface area contributed by atoms with Crippen LogP contribution in [0.5, 0.6) is 0 Å². The quantitative estimate of drug-likeness (QED) is 0.578. The predicted molar refractivity (Wildman–Crippen MR) is 111 cm³/mol. The van der Waals surface area contributed by atoms with Crippen molar-refractivity contribution in [2.45, 2.75) is 38.3 Å². The maximum Gasteiger partial charge on any atom is 0.243 e. The Morgan fingerprint density at radius 1 is 1.03 bits per heavy atom. The van der Waals surface area contributed by atoms with Crippen LogP contribution in [-0.4, -0.2) is 46.0 Å². The zero-order valence-corrected chi connectivity index (χ0v) is 17.7. The van der Waals surface area contributed by atoms with E-state index in [0.717, 1.165) is 11.3 Å². The van der Waals surface area contributed by atoms with E-state index in [4.69, 9.17) is 0 Å². The van der Waals surface area contributed by atoms with Crippen molar-refractivity contribution in [3.63, 3.8) is 0 Å². The molecule has 0 fully saturated rings. The monoisotopic (exact) mass is 414 g/mol. The molecule has 9 heteroatoms. The van der Waals surface area contributed by atoms with Gasteiger partial charge in [-0.05, 0) is 47.2 Å². The Morgan fingerprint density at radius 3 is 2.31 bits per heavy atom. The van der Waals surface area contributed by atoms with Crippen molar-refractivity contribution in [2.24, 2.45) is 0 Å². The number of hydrogen-bond donors (Lipinski definition) is 1. The Kier molecular flexibility index (Phi) is 6.73. The topological polar surface area (TPSA) is 93.0 Å². The zero-order chi connectivity index (χ0) is 20.9. The molecule has 0 aliphatic heterocycles. The van der Waals surface area contributed by atoms with Crippen LogP contribution in [0.1, 0.15) is 38.2 Å². The van der Waals surface area contributed by atoms with Gasteiger partial charge in [-0.3, -0.25) is 0 Å². The molecular weight excluding hydrogens is 388 g/mol. The molecule has 0 aliphatic carbocycles. The first-order chi connectivity index (χ1) is 14.0. The fourth-order valence-electron chi connectivity index (χ4n) is 3.09. The lowest BCUT2D eigenvalue weighted by molar-refractivity contribution is 0.445. The highest BCUT2D eigenvalue weighted by Crippen LogP contribution is 2.20. The lowest BCUT2D eigenvalue weighted by Crippen LogP contribution is -2.30. The number of benzene rings is 2. The summed E-state index contributed by atoms with van der Waals surface area (Å²) in [6.45, 7) is 7.07. The van der Waals surface area contributed by atoms with E-state index in [0.29, 0.717) is 30.4 Å². The van der Waals surface area contributed by atoms with Crippen LogP contribution in [0.3, 0.4) is 0 Å². The van der Waals surface area contributed by atoms with Crippen molar-refractivity contribution in [1.29, 1.82) is 0 Å². The lowest BCUT2D eigenvalue weighted by Gasteiger charge is -2.19. The first kappa shape index (κ1) is 21.1. The Hall–Kier alpha value is -2.62. The van der Waals surface area contributed by atoms with Gasteiger partial charge >= 0.3 is 0 Å². The molecular formula is C20H26N6O2S. The van der Waals surface area contributed by atoms with Crippen LogP contribution in [0.4, 0.5) is 0 Å². The van der Waals surface area contributed by atoms with E-state index in [1.807, 2.05) is 63.2 Å². The number of nitrogens with one attached hydrogen (secondary N) is 1. The largest absolute Gasteiger partial charge is 0.303 e. The van der Waals surface area contributed by atoms with Gasteiger partial charge in [0.2, 0.25) is 10.0 Å². The summed E-state index contributed by atoms with van der Waals surface area (Å²) in [4.78, 5) is 0.310. The summed E-state index contributed by atoms with van der Waals surface area (Å²) in [7, 11) is -3.44. The van der Waals surface area contributed by atoms with Gasteiger partial charge in [0.1, 0.15) is 0 Å². The van der Waals surface area contributed by atoms with Gasteiger partial charge in [0.05, 0.1) is 17.1 Å². The van der Waals surface area contributed by atoms with Gasteiger partial charge in [0, 0.05) is 19.1 Å². The molecule has 1 N–H and O–H groups in total. The second-order valence-electron chi connectivity index (χ2n) is 6.60. The summed E-state index contributed by atoms with van der Waals surface area (Å²) in [6, 6.07) is 16.7. The number of hydrogen-bond acceptors (Lipinski definition) is 6. The Labute approximate surface area is 171 Å². The Bertz CT molecular complexity index is 1010. The second-order valence-corrected chi connectivity index (χ2v) is 8.54. The normalized spacial score (nSPS) is 13.0. The van der Waals surface area contributed by atoms with Crippen molar-refractivity contribution in [2.75, 3.05) is 13.1 Å². The Morgan fingerprint density at radius 2 is 1.69 bits per heavy atom. The summed E-state index contributed by atoms with van der Waals surface area (Å²) in [5.41, 5.74) is 1.88. The second kappa shape index (κ2) is 9.25. The van der Waals surface area contributed by atoms with Crippen LogP contribution >= 0.6 is 0 Å². The molecule has 1 unspecified atom stereocenters. The molecule has 1 atom stereocenters. The van der Waals surface area contributed by atoms with Gasteiger partial charge in [-0.1, -0.05) is 44.2 Å². The first-order valence-corrected chi connectivity index (χ1v) is 11.1. The molecule has 0 saturated carbocycles. The third kappa shape index (κ3) is 4.69. The number of aromatic nitrogens is 4. The third-order valence-electron chi connectivity index (χ3n) is 4.82. The van der Waals surface area contributed by atoms with Crippen LogP contribution in [0, 0.1) is 0 Å². The van der Waals surface area contributed by atoms with Crippen molar-refractivity contribution in [3.8, 4) is 5.69 Å². The summed E-state index contributed by atoms with van der Waals surface area (Å²) < 4.78 is 28.4. The highest BCUT2D eigenvalue weighted by atomic mass is 32.2. The molecule has 29 heavy (non-hydrogen) atoms. The third-order valence-corrected chi connectivity index (χ3v) is 6.89. The molecule has 3 rings (SSSR count). The minimum Gasteiger partial charge on any atom is -0.303 e. The minimum atomic E-state index is -3.44. The molecule has 0 radical (unpaired) electrons. The van der Waals surface area contributed by atoms with E-state index < -0.39 is 10.0 Å². The van der Waals surface area contributed by atoms with E-state index in [1.165, 1.54) is 4.31 Å². The van der Waals surface area contributed by atoms with E-state index in [9.17, 15) is 8.42 Å². The zero-order valence-electron chi connectivity index (χ0n) is 16.9. The van der Waals surface area contributed by atoms with Gasteiger partial charge in [-0.2, -0.15) is 8.99 Å². The van der Waals surface area contributed by atoms with Crippen molar-refractivity contribution >= 4 is 10.0 Å². The highest BCUT2D eigenvalue weighted by Gasteiger charge is 2.21. The smallest absolute Gasteiger partial charge is 0.243 e. The van der Waals surface area contributed by atoms with Crippen LogP contribution in [0.2, 0.25) is 0 Å². The minimum absolute atomic E-state index is 0.00105. The fourth-order valence-corrected chi connectivity index (χ4v) is 4.55. The van der Waals surface area contributed by atoms with Gasteiger partial charge in [0.25, 0.3) is 0 Å². The predicted octanol–water partition coefficient (Wildman–Crippen LogP) is 2.54. The van der Waals surface area contributed by atoms with Gasteiger partial charge < -0.3 is 5.32 Å². The summed E-state index contributed by atoms with van der Waals surface area (Å²) in [5.74, 6) is 0.698. The summed E-state index contributed by atoms with van der Waals surface area (Å²) in [5, 5.41) is 15.3. The maximum absolute atomic E-state index is 12.6.